The van der Waals surface area contributed by atoms with Gasteiger partial charge in [-0.1, -0.05) is 6.07 Å². The fourth-order valence-corrected chi connectivity index (χ4v) is 2.53. The van der Waals surface area contributed by atoms with Gasteiger partial charge in [0.15, 0.2) is 0 Å². The first-order valence-electron chi connectivity index (χ1n) is 7.62. The van der Waals surface area contributed by atoms with Gasteiger partial charge in [0.2, 0.25) is 5.91 Å². The van der Waals surface area contributed by atoms with Crippen molar-refractivity contribution in [3.05, 3.63) is 29.8 Å². The van der Waals surface area contributed by atoms with Gasteiger partial charge in [-0.25, -0.2) is 0 Å². The zero-order valence-corrected chi connectivity index (χ0v) is 13.6. The van der Waals surface area contributed by atoms with Crippen molar-refractivity contribution in [2.75, 3.05) is 26.2 Å². The molecule has 1 aliphatic rings. The molecule has 1 aromatic rings. The van der Waals surface area contributed by atoms with Crippen LogP contribution in [-0.4, -0.2) is 53.8 Å². The molecule has 0 saturated carbocycles. The van der Waals surface area contributed by atoms with Crippen LogP contribution in [0.3, 0.4) is 0 Å². The van der Waals surface area contributed by atoms with E-state index < -0.39 is 23.4 Å². The molecule has 134 valence electrons. The number of piperazine rings is 1. The summed E-state index contributed by atoms with van der Waals surface area (Å²) in [5.74, 6) is -0.0840. The summed E-state index contributed by atoms with van der Waals surface area (Å²) in [6, 6.07) is 4.51. The Labute approximate surface area is 138 Å². The lowest BCUT2D eigenvalue weighted by Gasteiger charge is -2.41. The predicted octanol–water partition coefficient (Wildman–Crippen LogP) is 1.66. The minimum atomic E-state index is -4.44. The van der Waals surface area contributed by atoms with Gasteiger partial charge in [0.1, 0.15) is 18.5 Å². The number of β-amino-alcohol motifs (C(OH)–C–C–N with tert-alkyl or cyclic N) is 1. The van der Waals surface area contributed by atoms with Crippen molar-refractivity contribution in [3.8, 4) is 5.75 Å². The van der Waals surface area contributed by atoms with Crippen LogP contribution in [0.4, 0.5) is 13.2 Å². The summed E-state index contributed by atoms with van der Waals surface area (Å²) in [4.78, 5) is 13.7. The summed E-state index contributed by atoms with van der Waals surface area (Å²) in [6.07, 6.45) is -5.37. The first kappa shape index (κ1) is 18.5. The van der Waals surface area contributed by atoms with E-state index in [1.165, 1.54) is 12.1 Å². The molecule has 0 spiro atoms. The number of nitrogens with one attached hydrogen (secondary N) is 1. The van der Waals surface area contributed by atoms with Crippen molar-refractivity contribution in [1.82, 2.24) is 10.2 Å². The Morgan fingerprint density at radius 3 is 2.79 bits per heavy atom. The largest absolute Gasteiger partial charge is 0.491 e. The molecule has 1 fully saturated rings. The van der Waals surface area contributed by atoms with E-state index in [1.807, 2.05) is 4.90 Å². The zero-order valence-electron chi connectivity index (χ0n) is 13.6. The van der Waals surface area contributed by atoms with Crippen molar-refractivity contribution in [2.45, 2.75) is 31.7 Å². The van der Waals surface area contributed by atoms with Crippen LogP contribution in [0.15, 0.2) is 24.3 Å². The summed E-state index contributed by atoms with van der Waals surface area (Å²) >= 11 is 0. The maximum absolute atomic E-state index is 12.6. The third kappa shape index (κ3) is 4.39. The number of carbonyl (C=O) groups is 1. The summed E-state index contributed by atoms with van der Waals surface area (Å²) in [7, 11) is 0. The number of nitrogens with zero attached hydrogens (tertiary/aromatic N) is 1. The fourth-order valence-electron chi connectivity index (χ4n) is 2.53. The molecule has 24 heavy (non-hydrogen) atoms. The second-order valence-corrected chi connectivity index (χ2v) is 6.25. The van der Waals surface area contributed by atoms with E-state index in [0.29, 0.717) is 13.1 Å². The van der Waals surface area contributed by atoms with Crippen LogP contribution in [0.2, 0.25) is 0 Å². The van der Waals surface area contributed by atoms with Gasteiger partial charge in [0, 0.05) is 19.6 Å². The Hall–Kier alpha value is -1.80. The molecule has 1 aromatic carbocycles. The number of hydrogen-bond acceptors (Lipinski definition) is 4. The predicted molar refractivity (Wildman–Crippen MR) is 81.6 cm³/mol. The number of aliphatic hydroxyl groups excluding tert-OH is 1. The number of alkyl halides is 3. The van der Waals surface area contributed by atoms with Crippen LogP contribution >= 0.6 is 0 Å². The lowest BCUT2D eigenvalue weighted by molar-refractivity contribution is -0.137. The quantitative estimate of drug-likeness (QED) is 0.851. The van der Waals surface area contributed by atoms with E-state index in [9.17, 15) is 23.1 Å². The zero-order chi connectivity index (χ0) is 18.0. The van der Waals surface area contributed by atoms with Gasteiger partial charge < -0.3 is 15.2 Å². The standard InChI is InChI=1S/C16H21F3N2O3/c1-15(2)14(23)20-6-7-21(15)9-12(22)10-24-13-5-3-4-11(8-13)16(17,18)19/h3-5,8,12,22H,6-7,9-10H2,1-2H3,(H,20,23). The molecular formula is C16H21F3N2O3. The number of rotatable bonds is 5. The number of carbonyl (C=O) groups excluding carboxylic acids is 1. The van der Waals surface area contributed by atoms with E-state index in [0.717, 1.165) is 12.1 Å². The Morgan fingerprint density at radius 2 is 2.12 bits per heavy atom. The number of halogens is 3. The van der Waals surface area contributed by atoms with Gasteiger partial charge in [-0.05, 0) is 32.0 Å². The number of aliphatic hydroxyl groups is 1. The molecule has 2 N–H and O–H groups in total. The molecule has 1 unspecified atom stereocenters. The third-order valence-corrected chi connectivity index (χ3v) is 4.05. The lowest BCUT2D eigenvalue weighted by Crippen LogP contribution is -2.63. The highest BCUT2D eigenvalue weighted by Gasteiger charge is 2.38. The molecule has 5 nitrogen and oxygen atoms in total. The average Bonchev–Trinajstić information content (AvgIpc) is 2.50. The van der Waals surface area contributed by atoms with Crippen molar-refractivity contribution < 1.29 is 27.8 Å². The maximum Gasteiger partial charge on any atom is 0.416 e. The Balaban J connectivity index is 1.92. The van der Waals surface area contributed by atoms with Crippen molar-refractivity contribution in [1.29, 1.82) is 0 Å². The number of amides is 1. The van der Waals surface area contributed by atoms with Crippen LogP contribution < -0.4 is 10.1 Å². The number of benzene rings is 1. The lowest BCUT2D eigenvalue weighted by atomic mass is 9.98. The molecular weight excluding hydrogens is 325 g/mol. The highest BCUT2D eigenvalue weighted by Crippen LogP contribution is 2.31. The van der Waals surface area contributed by atoms with Gasteiger partial charge in [-0.15, -0.1) is 0 Å². The molecule has 2 rings (SSSR count). The minimum Gasteiger partial charge on any atom is -0.491 e. The van der Waals surface area contributed by atoms with Crippen LogP contribution in [0.5, 0.6) is 5.75 Å². The molecule has 8 heteroatoms. The molecule has 0 aromatic heterocycles. The van der Waals surface area contributed by atoms with E-state index >= 15 is 0 Å². The second-order valence-electron chi connectivity index (χ2n) is 6.25. The fraction of sp³-hybridized carbons (Fsp3) is 0.562. The monoisotopic (exact) mass is 346 g/mol. The van der Waals surface area contributed by atoms with Crippen molar-refractivity contribution in [3.63, 3.8) is 0 Å². The maximum atomic E-state index is 12.6. The highest BCUT2D eigenvalue weighted by molar-refractivity contribution is 5.86. The summed E-state index contributed by atoms with van der Waals surface area (Å²) in [6.45, 7) is 4.61. The molecule has 1 atom stereocenters. The average molecular weight is 346 g/mol. The highest BCUT2D eigenvalue weighted by atomic mass is 19.4. The normalized spacial score (nSPS) is 19.7. The first-order valence-corrected chi connectivity index (χ1v) is 7.62. The van der Waals surface area contributed by atoms with Crippen molar-refractivity contribution >= 4 is 5.91 Å². The topological polar surface area (TPSA) is 61.8 Å². The van der Waals surface area contributed by atoms with Gasteiger partial charge in [-0.2, -0.15) is 13.2 Å². The van der Waals surface area contributed by atoms with Crippen LogP contribution in [0.1, 0.15) is 19.4 Å². The van der Waals surface area contributed by atoms with Crippen LogP contribution in [-0.2, 0) is 11.0 Å². The van der Waals surface area contributed by atoms with E-state index in [-0.39, 0.29) is 24.8 Å². The Bertz CT molecular complexity index is 590. The number of hydrogen-bond donors (Lipinski definition) is 2. The molecule has 0 aliphatic carbocycles. The third-order valence-electron chi connectivity index (χ3n) is 4.05. The molecule has 0 radical (unpaired) electrons. The molecule has 1 aliphatic heterocycles. The van der Waals surface area contributed by atoms with Gasteiger partial charge in [0.25, 0.3) is 0 Å². The smallest absolute Gasteiger partial charge is 0.416 e. The molecule has 0 bridgehead atoms. The van der Waals surface area contributed by atoms with E-state index in [4.69, 9.17) is 4.74 Å². The Kier molecular flexibility index (Phi) is 5.39. The van der Waals surface area contributed by atoms with Crippen molar-refractivity contribution in [2.24, 2.45) is 0 Å². The minimum absolute atomic E-state index is 0.0412. The van der Waals surface area contributed by atoms with Gasteiger partial charge in [0.05, 0.1) is 11.1 Å². The Morgan fingerprint density at radius 1 is 1.42 bits per heavy atom. The van der Waals surface area contributed by atoms with E-state index in [1.54, 1.807) is 13.8 Å². The summed E-state index contributed by atoms with van der Waals surface area (Å²) in [5.41, 5.74) is -1.56. The van der Waals surface area contributed by atoms with E-state index in [2.05, 4.69) is 5.32 Å². The van der Waals surface area contributed by atoms with Crippen LogP contribution in [0, 0.1) is 0 Å². The molecule has 1 saturated heterocycles. The SMILES string of the molecule is CC1(C)C(=O)NCCN1CC(O)COc1cccc(C(F)(F)F)c1. The molecule has 1 heterocycles. The van der Waals surface area contributed by atoms with Gasteiger partial charge >= 0.3 is 6.18 Å². The second kappa shape index (κ2) is 6.98. The van der Waals surface area contributed by atoms with Crippen LogP contribution in [0.25, 0.3) is 0 Å². The molecule has 1 amide bonds. The summed E-state index contributed by atoms with van der Waals surface area (Å²) in [5, 5.41) is 12.8. The summed E-state index contributed by atoms with van der Waals surface area (Å²) < 4.78 is 43.2. The van der Waals surface area contributed by atoms with Gasteiger partial charge in [-0.3, -0.25) is 9.69 Å². The first-order chi connectivity index (χ1) is 11.1. The number of ether oxygens (including phenoxy) is 1.